The lowest BCUT2D eigenvalue weighted by Crippen LogP contribution is -2.07. The zero-order valence-electron chi connectivity index (χ0n) is 4.57. The first kappa shape index (κ1) is 5.31. The Balaban J connectivity index is 2.69. The van der Waals surface area contributed by atoms with E-state index < -0.39 is 0 Å². The maximum atomic E-state index is 7.20. The highest BCUT2D eigenvalue weighted by Gasteiger charge is 2.10. The minimum atomic E-state index is 0.618. The van der Waals surface area contributed by atoms with Crippen molar-refractivity contribution in [3.05, 3.63) is 11.8 Å². The van der Waals surface area contributed by atoms with Crippen LogP contribution in [0, 0.1) is 5.41 Å². The molecule has 0 atom stereocenters. The minimum absolute atomic E-state index is 0.618. The van der Waals surface area contributed by atoms with Crippen LogP contribution in [0.1, 0.15) is 0 Å². The summed E-state index contributed by atoms with van der Waals surface area (Å²) in [6, 6.07) is 0. The summed E-state index contributed by atoms with van der Waals surface area (Å²) in [5.41, 5.74) is 6.72. The number of rotatable bonds is 0. The monoisotopic (exact) mass is 111 g/mol. The van der Waals surface area contributed by atoms with Crippen LogP contribution in [0.3, 0.4) is 0 Å². The lowest BCUT2D eigenvalue weighted by Gasteiger charge is -1.87. The molecule has 0 spiro atoms. The van der Waals surface area contributed by atoms with Gasteiger partial charge in [-0.1, -0.05) is 0 Å². The van der Waals surface area contributed by atoms with Gasteiger partial charge in [0.15, 0.2) is 0 Å². The van der Waals surface area contributed by atoms with E-state index in [0.29, 0.717) is 12.3 Å². The molecule has 0 unspecified atom stereocenters. The maximum Gasteiger partial charge on any atom is 0.0511 e. The Bertz CT molecular complexity index is 137. The van der Waals surface area contributed by atoms with Gasteiger partial charge in [0.1, 0.15) is 0 Å². The van der Waals surface area contributed by atoms with E-state index in [4.69, 9.17) is 11.1 Å². The van der Waals surface area contributed by atoms with Crippen molar-refractivity contribution in [2.24, 2.45) is 5.73 Å². The van der Waals surface area contributed by atoms with E-state index >= 15 is 0 Å². The molecule has 0 aromatic heterocycles. The quantitative estimate of drug-likeness (QED) is 0.393. The van der Waals surface area contributed by atoms with Gasteiger partial charge in [-0.05, 0) is 0 Å². The smallest absolute Gasteiger partial charge is 0.0511 e. The van der Waals surface area contributed by atoms with Gasteiger partial charge in [0.05, 0.1) is 5.71 Å². The molecule has 0 aromatic rings. The van der Waals surface area contributed by atoms with Crippen LogP contribution in [0.2, 0.25) is 0 Å². The topological polar surface area (TPSA) is 61.9 Å². The fourth-order valence-electron chi connectivity index (χ4n) is 0.702. The van der Waals surface area contributed by atoms with E-state index in [9.17, 15) is 0 Å². The standard InChI is InChI=1S/C5H9N3/c6-1-4-2-8-3-5(4)7/h1,7-8H,2-3,6H2. The van der Waals surface area contributed by atoms with E-state index in [2.05, 4.69) is 5.32 Å². The number of hydrogen-bond acceptors (Lipinski definition) is 3. The molecular formula is C5H9N3. The second-order valence-electron chi connectivity index (χ2n) is 1.77. The Morgan fingerprint density at radius 2 is 2.38 bits per heavy atom. The Morgan fingerprint density at radius 1 is 1.62 bits per heavy atom. The highest BCUT2D eigenvalue weighted by molar-refractivity contribution is 6.01. The highest BCUT2D eigenvalue weighted by atomic mass is 14.9. The van der Waals surface area contributed by atoms with Crippen molar-refractivity contribution < 1.29 is 0 Å². The SMILES string of the molecule is N=C1CNCC1=CN. The fourth-order valence-corrected chi connectivity index (χ4v) is 0.702. The average molecular weight is 111 g/mol. The van der Waals surface area contributed by atoms with Crippen molar-refractivity contribution in [2.75, 3.05) is 13.1 Å². The van der Waals surface area contributed by atoms with E-state index in [1.165, 1.54) is 6.20 Å². The van der Waals surface area contributed by atoms with Crippen molar-refractivity contribution >= 4 is 5.71 Å². The van der Waals surface area contributed by atoms with Gasteiger partial charge in [0.25, 0.3) is 0 Å². The summed E-state index contributed by atoms with van der Waals surface area (Å²) >= 11 is 0. The van der Waals surface area contributed by atoms with Crippen LogP contribution in [0.25, 0.3) is 0 Å². The molecule has 3 heteroatoms. The summed E-state index contributed by atoms with van der Waals surface area (Å²) in [6.45, 7) is 1.43. The first-order valence-corrected chi connectivity index (χ1v) is 2.54. The van der Waals surface area contributed by atoms with Crippen LogP contribution in [-0.2, 0) is 0 Å². The largest absolute Gasteiger partial charge is 0.404 e. The molecule has 1 saturated heterocycles. The summed E-state index contributed by atoms with van der Waals surface area (Å²) < 4.78 is 0. The molecule has 1 rings (SSSR count). The maximum absolute atomic E-state index is 7.20. The first-order chi connectivity index (χ1) is 3.84. The molecule has 44 valence electrons. The van der Waals surface area contributed by atoms with Crippen LogP contribution in [0.4, 0.5) is 0 Å². The van der Waals surface area contributed by atoms with Gasteiger partial charge in [-0.3, -0.25) is 0 Å². The van der Waals surface area contributed by atoms with Crippen LogP contribution in [0.5, 0.6) is 0 Å². The van der Waals surface area contributed by atoms with Crippen molar-refractivity contribution in [1.29, 1.82) is 5.41 Å². The molecule has 1 fully saturated rings. The Labute approximate surface area is 48.1 Å². The van der Waals surface area contributed by atoms with E-state index in [1.807, 2.05) is 0 Å². The molecule has 0 saturated carbocycles. The molecule has 4 N–H and O–H groups in total. The predicted molar refractivity (Wildman–Crippen MR) is 32.9 cm³/mol. The third kappa shape index (κ3) is 0.721. The van der Waals surface area contributed by atoms with Gasteiger partial charge in [0, 0.05) is 24.9 Å². The van der Waals surface area contributed by atoms with E-state index in [0.717, 1.165) is 12.1 Å². The lowest BCUT2D eigenvalue weighted by molar-refractivity contribution is 0.905. The minimum Gasteiger partial charge on any atom is -0.404 e. The van der Waals surface area contributed by atoms with Crippen molar-refractivity contribution in [3.63, 3.8) is 0 Å². The fraction of sp³-hybridized carbons (Fsp3) is 0.400. The first-order valence-electron chi connectivity index (χ1n) is 2.54. The molecule has 0 aliphatic carbocycles. The molecular weight excluding hydrogens is 102 g/mol. The van der Waals surface area contributed by atoms with Crippen LogP contribution >= 0.6 is 0 Å². The molecule has 0 aromatic carbocycles. The van der Waals surface area contributed by atoms with Gasteiger partial charge >= 0.3 is 0 Å². The summed E-state index contributed by atoms with van der Waals surface area (Å²) in [6.07, 6.45) is 1.49. The average Bonchev–Trinajstić information content (AvgIpc) is 2.14. The van der Waals surface area contributed by atoms with Crippen LogP contribution < -0.4 is 11.1 Å². The third-order valence-electron chi connectivity index (χ3n) is 1.21. The lowest BCUT2D eigenvalue weighted by atomic mass is 10.2. The number of nitrogens with one attached hydrogen (secondary N) is 2. The molecule has 8 heavy (non-hydrogen) atoms. The van der Waals surface area contributed by atoms with Crippen LogP contribution in [0.15, 0.2) is 11.8 Å². The van der Waals surface area contributed by atoms with Crippen molar-refractivity contribution in [3.8, 4) is 0 Å². The number of nitrogens with two attached hydrogens (primary N) is 1. The highest BCUT2D eigenvalue weighted by Crippen LogP contribution is 1.97. The normalized spacial score (nSPS) is 25.0. The van der Waals surface area contributed by atoms with Gasteiger partial charge in [0.2, 0.25) is 0 Å². The van der Waals surface area contributed by atoms with Gasteiger partial charge in [-0.2, -0.15) is 0 Å². The van der Waals surface area contributed by atoms with E-state index in [1.54, 1.807) is 0 Å². The third-order valence-corrected chi connectivity index (χ3v) is 1.21. The molecule has 1 aliphatic rings. The summed E-state index contributed by atoms with van der Waals surface area (Å²) in [5.74, 6) is 0. The van der Waals surface area contributed by atoms with Gasteiger partial charge in [-0.25, -0.2) is 0 Å². The second kappa shape index (κ2) is 1.96. The number of hydrogen-bond donors (Lipinski definition) is 3. The van der Waals surface area contributed by atoms with Crippen LogP contribution in [-0.4, -0.2) is 18.8 Å². The molecule has 1 heterocycles. The van der Waals surface area contributed by atoms with Gasteiger partial charge < -0.3 is 16.5 Å². The zero-order valence-corrected chi connectivity index (χ0v) is 4.57. The second-order valence-corrected chi connectivity index (χ2v) is 1.77. The molecule has 0 bridgehead atoms. The van der Waals surface area contributed by atoms with E-state index in [-0.39, 0.29) is 0 Å². The molecule has 0 radical (unpaired) electrons. The van der Waals surface area contributed by atoms with Crippen molar-refractivity contribution in [1.82, 2.24) is 5.32 Å². The predicted octanol–water partition coefficient (Wildman–Crippen LogP) is -0.548. The molecule has 0 amide bonds. The van der Waals surface area contributed by atoms with Gasteiger partial charge in [-0.15, -0.1) is 0 Å². The Kier molecular flexibility index (Phi) is 1.30. The van der Waals surface area contributed by atoms with Crippen molar-refractivity contribution in [2.45, 2.75) is 0 Å². The summed E-state index contributed by atoms with van der Waals surface area (Å²) in [7, 11) is 0. The Morgan fingerprint density at radius 3 is 2.62 bits per heavy atom. The summed E-state index contributed by atoms with van der Waals surface area (Å²) in [5, 5.41) is 10.2. The zero-order chi connectivity index (χ0) is 5.98. The molecule has 3 nitrogen and oxygen atoms in total. The summed E-state index contributed by atoms with van der Waals surface area (Å²) in [4.78, 5) is 0. The Hall–Kier alpha value is -0.830. The molecule has 1 aliphatic heterocycles.